The monoisotopic (exact) mass is 485 g/mol. The molecule has 2 aromatic heterocycles. The van der Waals surface area contributed by atoms with Crippen molar-refractivity contribution in [1.82, 2.24) is 9.97 Å². The zero-order valence-electron chi connectivity index (χ0n) is 21.1. The van der Waals surface area contributed by atoms with Gasteiger partial charge in [0.1, 0.15) is 5.60 Å². The van der Waals surface area contributed by atoms with Crippen LogP contribution in [0, 0.1) is 19.3 Å². The third-order valence-electron chi connectivity index (χ3n) is 6.46. The zero-order valence-corrected chi connectivity index (χ0v) is 21.1. The number of nitrogens with zero attached hydrogens (tertiary/aromatic N) is 2. The lowest BCUT2D eigenvalue weighted by atomic mass is 9.89. The fraction of sp³-hybridized carbons (Fsp3) is 0.345. The van der Waals surface area contributed by atoms with E-state index in [1.807, 2.05) is 52.0 Å². The summed E-state index contributed by atoms with van der Waals surface area (Å²) < 4.78 is 11.2. The fourth-order valence-corrected chi connectivity index (χ4v) is 4.15. The van der Waals surface area contributed by atoms with Crippen molar-refractivity contribution >= 4 is 11.6 Å². The van der Waals surface area contributed by atoms with Gasteiger partial charge in [-0.15, -0.1) is 6.42 Å². The first-order chi connectivity index (χ1) is 17.2. The second-order valence-corrected chi connectivity index (χ2v) is 9.53. The number of carbonyl (C=O) groups excluding carboxylic acids is 1. The zero-order chi connectivity index (χ0) is 25.9. The number of aliphatic hydroxyl groups is 1. The van der Waals surface area contributed by atoms with Gasteiger partial charge in [-0.3, -0.25) is 9.78 Å². The molecule has 1 amide bonds. The maximum Gasteiger partial charge on any atom is 0.255 e. The number of amides is 1. The largest absolute Gasteiger partial charge is 0.478 e. The Balaban J connectivity index is 1.65. The maximum atomic E-state index is 13.0. The van der Waals surface area contributed by atoms with Crippen LogP contribution in [0.2, 0.25) is 0 Å². The highest BCUT2D eigenvalue weighted by atomic mass is 16.5. The third-order valence-corrected chi connectivity index (χ3v) is 6.46. The Kier molecular flexibility index (Phi) is 7.11. The molecular formula is C29H31N3O4. The number of aryl methyl sites for hydroxylation is 1. The highest BCUT2D eigenvalue weighted by molar-refractivity contribution is 6.04. The molecule has 3 aromatic rings. The van der Waals surface area contributed by atoms with E-state index in [9.17, 15) is 9.90 Å². The minimum atomic E-state index is -1.15. The van der Waals surface area contributed by atoms with Gasteiger partial charge in [-0.1, -0.05) is 12.0 Å². The molecule has 1 unspecified atom stereocenters. The molecule has 1 aliphatic rings. The van der Waals surface area contributed by atoms with Crippen LogP contribution in [0.1, 0.15) is 54.4 Å². The van der Waals surface area contributed by atoms with Crippen LogP contribution in [-0.4, -0.2) is 40.8 Å². The Hall–Kier alpha value is -3.73. The smallest absolute Gasteiger partial charge is 0.255 e. The van der Waals surface area contributed by atoms with E-state index in [1.54, 1.807) is 24.5 Å². The Bertz CT molecular complexity index is 1320. The number of hydrogen-bond acceptors (Lipinski definition) is 6. The molecule has 1 atom stereocenters. The lowest BCUT2D eigenvalue weighted by Crippen LogP contribution is -2.27. The van der Waals surface area contributed by atoms with Crippen LogP contribution in [0.5, 0.6) is 5.88 Å². The molecule has 1 fully saturated rings. The predicted octanol–water partition coefficient (Wildman–Crippen LogP) is 4.62. The van der Waals surface area contributed by atoms with Gasteiger partial charge < -0.3 is 19.9 Å². The molecule has 186 valence electrons. The molecule has 0 spiro atoms. The molecule has 1 saturated heterocycles. The van der Waals surface area contributed by atoms with Gasteiger partial charge >= 0.3 is 0 Å². The van der Waals surface area contributed by atoms with Crippen molar-refractivity contribution in [2.45, 2.75) is 45.1 Å². The van der Waals surface area contributed by atoms with Gasteiger partial charge in [0.05, 0.1) is 24.3 Å². The van der Waals surface area contributed by atoms with E-state index in [2.05, 4.69) is 21.2 Å². The number of nitrogens with one attached hydrogen (secondary N) is 1. The SMILES string of the molecule is C#CC(C)(C)c1cc(C(=O)Nc2ccc(C)c(-c3cnc(OCC)c(C4(O)CCOC4)c3)c2)ccn1. The number of aromatic nitrogens is 2. The number of hydrogen-bond donors (Lipinski definition) is 2. The summed E-state index contributed by atoms with van der Waals surface area (Å²) in [5.41, 5.74) is 3.32. The first-order valence-electron chi connectivity index (χ1n) is 12.0. The number of pyridine rings is 2. The van der Waals surface area contributed by atoms with Crippen LogP contribution in [0.15, 0.2) is 48.8 Å². The summed E-state index contributed by atoms with van der Waals surface area (Å²) in [6.07, 6.45) is 9.42. The van der Waals surface area contributed by atoms with E-state index in [1.165, 1.54) is 0 Å². The number of benzene rings is 1. The van der Waals surface area contributed by atoms with Gasteiger partial charge in [0, 0.05) is 47.8 Å². The van der Waals surface area contributed by atoms with Gasteiger partial charge in [0.25, 0.3) is 5.91 Å². The summed E-state index contributed by atoms with van der Waals surface area (Å²) in [5, 5.41) is 14.2. The molecule has 3 heterocycles. The molecular weight excluding hydrogens is 454 g/mol. The second-order valence-electron chi connectivity index (χ2n) is 9.53. The van der Waals surface area contributed by atoms with Crippen molar-refractivity contribution in [2.24, 2.45) is 0 Å². The van der Waals surface area contributed by atoms with E-state index < -0.39 is 11.0 Å². The van der Waals surface area contributed by atoms with Gasteiger partial charge in [-0.05, 0) is 69.2 Å². The Morgan fingerprint density at radius 1 is 1.28 bits per heavy atom. The van der Waals surface area contributed by atoms with Crippen molar-refractivity contribution in [3.8, 4) is 29.4 Å². The molecule has 1 aliphatic heterocycles. The standard InChI is InChI=1S/C29H31N3O4/c1-6-28(4,5)25-15-20(10-12-30-25)26(33)32-22-9-8-19(3)23(16-22)21-14-24(27(31-17-21)36-7-2)29(34)11-13-35-18-29/h1,8-10,12,14-17,34H,7,11,13,18H2,2-5H3,(H,32,33). The molecule has 0 saturated carbocycles. The molecule has 0 radical (unpaired) electrons. The molecule has 0 bridgehead atoms. The highest BCUT2D eigenvalue weighted by Gasteiger charge is 2.38. The molecule has 4 rings (SSSR count). The van der Waals surface area contributed by atoms with Crippen LogP contribution in [-0.2, 0) is 15.8 Å². The Labute approximate surface area is 211 Å². The minimum absolute atomic E-state index is 0.192. The van der Waals surface area contributed by atoms with E-state index in [0.717, 1.165) is 16.7 Å². The van der Waals surface area contributed by atoms with Gasteiger partial charge in [0.2, 0.25) is 5.88 Å². The lowest BCUT2D eigenvalue weighted by molar-refractivity contribution is 0.0203. The fourth-order valence-electron chi connectivity index (χ4n) is 4.15. The van der Waals surface area contributed by atoms with Crippen LogP contribution < -0.4 is 10.1 Å². The maximum absolute atomic E-state index is 13.0. The number of anilines is 1. The van der Waals surface area contributed by atoms with E-state index in [4.69, 9.17) is 15.9 Å². The quantitative estimate of drug-likeness (QED) is 0.474. The summed E-state index contributed by atoms with van der Waals surface area (Å²) >= 11 is 0. The lowest BCUT2D eigenvalue weighted by Gasteiger charge is -2.24. The number of rotatable bonds is 7. The van der Waals surface area contributed by atoms with Crippen LogP contribution in [0.4, 0.5) is 5.69 Å². The first-order valence-corrected chi connectivity index (χ1v) is 12.0. The summed E-state index contributed by atoms with van der Waals surface area (Å²) in [5.74, 6) is 2.85. The number of ether oxygens (including phenoxy) is 2. The van der Waals surface area contributed by atoms with Crippen molar-refractivity contribution < 1.29 is 19.4 Å². The topological polar surface area (TPSA) is 93.6 Å². The number of terminal acetylenes is 1. The van der Waals surface area contributed by atoms with Crippen LogP contribution in [0.25, 0.3) is 11.1 Å². The molecule has 1 aromatic carbocycles. The van der Waals surface area contributed by atoms with Crippen molar-refractivity contribution in [3.63, 3.8) is 0 Å². The summed E-state index contributed by atoms with van der Waals surface area (Å²) in [6.45, 7) is 8.74. The summed E-state index contributed by atoms with van der Waals surface area (Å²) in [7, 11) is 0. The van der Waals surface area contributed by atoms with Gasteiger partial charge in [-0.25, -0.2) is 4.98 Å². The van der Waals surface area contributed by atoms with E-state index >= 15 is 0 Å². The molecule has 7 heteroatoms. The van der Waals surface area contributed by atoms with Gasteiger partial charge in [-0.2, -0.15) is 0 Å². The highest BCUT2D eigenvalue weighted by Crippen LogP contribution is 2.38. The Morgan fingerprint density at radius 2 is 2.08 bits per heavy atom. The minimum Gasteiger partial charge on any atom is -0.478 e. The van der Waals surface area contributed by atoms with Gasteiger partial charge in [0.15, 0.2) is 0 Å². The van der Waals surface area contributed by atoms with Crippen molar-refractivity contribution in [1.29, 1.82) is 0 Å². The average Bonchev–Trinajstić information content (AvgIpc) is 3.33. The molecule has 36 heavy (non-hydrogen) atoms. The van der Waals surface area contributed by atoms with E-state index in [-0.39, 0.29) is 12.5 Å². The van der Waals surface area contributed by atoms with Crippen LogP contribution >= 0.6 is 0 Å². The first kappa shape index (κ1) is 25.4. The van der Waals surface area contributed by atoms with Crippen molar-refractivity contribution in [3.05, 3.63) is 71.2 Å². The summed E-state index contributed by atoms with van der Waals surface area (Å²) in [4.78, 5) is 21.9. The average molecular weight is 486 g/mol. The van der Waals surface area contributed by atoms with Crippen molar-refractivity contribution in [2.75, 3.05) is 25.1 Å². The third kappa shape index (κ3) is 5.11. The molecule has 2 N–H and O–H groups in total. The molecule has 7 nitrogen and oxygen atoms in total. The number of carbonyl (C=O) groups is 1. The Morgan fingerprint density at radius 3 is 2.78 bits per heavy atom. The second kappa shape index (κ2) is 10.1. The van der Waals surface area contributed by atoms with E-state index in [0.29, 0.717) is 48.0 Å². The predicted molar refractivity (Wildman–Crippen MR) is 139 cm³/mol. The molecule has 0 aliphatic carbocycles. The summed E-state index contributed by atoms with van der Waals surface area (Å²) in [6, 6.07) is 11.0. The normalized spacial score (nSPS) is 17.4. The van der Waals surface area contributed by atoms with Crippen LogP contribution in [0.3, 0.4) is 0 Å².